The Morgan fingerprint density at radius 1 is 1.47 bits per heavy atom. The van der Waals surface area contributed by atoms with Crippen molar-refractivity contribution in [1.29, 1.82) is 0 Å². The number of hydrogen-bond donors (Lipinski definition) is 1. The second-order valence-corrected chi connectivity index (χ2v) is 5.68. The fourth-order valence-electron chi connectivity index (χ4n) is 3.21. The lowest BCUT2D eigenvalue weighted by atomic mass is 9.71. The molecule has 0 aromatic carbocycles. The highest BCUT2D eigenvalue weighted by Crippen LogP contribution is 2.41. The van der Waals surface area contributed by atoms with Crippen molar-refractivity contribution < 1.29 is 9.90 Å². The molecule has 3 unspecified atom stereocenters. The van der Waals surface area contributed by atoms with E-state index in [0.29, 0.717) is 5.92 Å². The average Bonchev–Trinajstić information content (AvgIpc) is 2.87. The Morgan fingerprint density at radius 2 is 2.26 bits per heavy atom. The number of carboxylic acid groups (broad SMARTS) is 1. The lowest BCUT2D eigenvalue weighted by Crippen LogP contribution is -2.29. The van der Waals surface area contributed by atoms with E-state index in [2.05, 4.69) is 18.9 Å². The van der Waals surface area contributed by atoms with Gasteiger partial charge in [0.15, 0.2) is 0 Å². The largest absolute Gasteiger partial charge is 0.481 e. The van der Waals surface area contributed by atoms with Crippen LogP contribution in [0.3, 0.4) is 0 Å². The molecule has 4 heteroatoms. The summed E-state index contributed by atoms with van der Waals surface area (Å²) in [4.78, 5) is 11.4. The van der Waals surface area contributed by atoms with Crippen LogP contribution in [0.2, 0.25) is 0 Å². The molecule has 1 aliphatic carbocycles. The van der Waals surface area contributed by atoms with Gasteiger partial charge in [0.25, 0.3) is 0 Å². The molecule has 106 valence electrons. The van der Waals surface area contributed by atoms with Crippen LogP contribution in [-0.2, 0) is 11.3 Å². The summed E-state index contributed by atoms with van der Waals surface area (Å²) in [5, 5.41) is 13.8. The van der Waals surface area contributed by atoms with E-state index in [0.717, 1.165) is 44.2 Å². The molecule has 3 atom stereocenters. The molecule has 1 saturated carbocycles. The zero-order valence-corrected chi connectivity index (χ0v) is 11.9. The third kappa shape index (κ3) is 3.17. The normalized spacial score (nSPS) is 27.4. The molecule has 0 saturated heterocycles. The Morgan fingerprint density at radius 3 is 2.89 bits per heavy atom. The average molecular weight is 264 g/mol. The van der Waals surface area contributed by atoms with Gasteiger partial charge in [0.1, 0.15) is 0 Å². The van der Waals surface area contributed by atoms with E-state index in [4.69, 9.17) is 0 Å². The van der Waals surface area contributed by atoms with Crippen molar-refractivity contribution in [3.05, 3.63) is 18.0 Å². The van der Waals surface area contributed by atoms with Crippen molar-refractivity contribution in [2.75, 3.05) is 0 Å². The van der Waals surface area contributed by atoms with Gasteiger partial charge < -0.3 is 5.11 Å². The molecule has 0 aliphatic heterocycles. The van der Waals surface area contributed by atoms with E-state index in [1.54, 1.807) is 0 Å². The first-order valence-corrected chi connectivity index (χ1v) is 7.40. The zero-order chi connectivity index (χ0) is 13.8. The predicted octanol–water partition coefficient (Wildman–Crippen LogP) is 3.29. The molecular formula is C15H24N2O2. The van der Waals surface area contributed by atoms with Gasteiger partial charge in [-0.3, -0.25) is 9.48 Å². The van der Waals surface area contributed by atoms with Gasteiger partial charge in [-0.1, -0.05) is 20.3 Å². The van der Waals surface area contributed by atoms with E-state index in [1.165, 1.54) is 0 Å². The molecule has 1 aromatic rings. The smallest absolute Gasteiger partial charge is 0.307 e. The van der Waals surface area contributed by atoms with Crippen molar-refractivity contribution in [1.82, 2.24) is 9.78 Å². The summed E-state index contributed by atoms with van der Waals surface area (Å²) in [5.74, 6) is -0.0817. The predicted molar refractivity (Wildman–Crippen MR) is 74.0 cm³/mol. The van der Waals surface area contributed by atoms with Gasteiger partial charge in [0.05, 0.1) is 12.1 Å². The van der Waals surface area contributed by atoms with Crippen LogP contribution in [0.15, 0.2) is 12.4 Å². The summed E-state index contributed by atoms with van der Waals surface area (Å²) in [6, 6.07) is 0. The highest BCUT2D eigenvalue weighted by molar-refractivity contribution is 5.71. The summed E-state index contributed by atoms with van der Waals surface area (Å²) in [5.41, 5.74) is 1.11. The van der Waals surface area contributed by atoms with E-state index in [1.807, 2.05) is 17.1 Å². The maximum absolute atomic E-state index is 11.4. The molecule has 0 spiro atoms. The first-order chi connectivity index (χ1) is 9.15. The molecule has 2 rings (SSSR count). The Labute approximate surface area is 114 Å². The monoisotopic (exact) mass is 264 g/mol. The van der Waals surface area contributed by atoms with Crippen LogP contribution in [0.4, 0.5) is 0 Å². The minimum atomic E-state index is -0.650. The number of hydrogen-bond acceptors (Lipinski definition) is 2. The van der Waals surface area contributed by atoms with Crippen LogP contribution in [0, 0.1) is 11.8 Å². The molecule has 1 heterocycles. The van der Waals surface area contributed by atoms with E-state index >= 15 is 0 Å². The number of aryl methyl sites for hydroxylation is 1. The molecular weight excluding hydrogens is 240 g/mol. The van der Waals surface area contributed by atoms with Crippen molar-refractivity contribution in [3.63, 3.8) is 0 Å². The van der Waals surface area contributed by atoms with E-state index in [9.17, 15) is 9.90 Å². The lowest BCUT2D eigenvalue weighted by molar-refractivity contribution is -0.143. The molecule has 0 radical (unpaired) electrons. The van der Waals surface area contributed by atoms with Crippen LogP contribution in [0.5, 0.6) is 0 Å². The SMILES string of the molecule is CCCn1cc(C2CC(CC)CCC2C(=O)O)cn1. The Kier molecular flexibility index (Phi) is 4.61. The van der Waals surface area contributed by atoms with Crippen molar-refractivity contribution in [2.45, 2.75) is 58.4 Å². The molecule has 1 aromatic heterocycles. The fourth-order valence-corrected chi connectivity index (χ4v) is 3.21. The van der Waals surface area contributed by atoms with Crippen LogP contribution >= 0.6 is 0 Å². The van der Waals surface area contributed by atoms with E-state index < -0.39 is 5.97 Å². The van der Waals surface area contributed by atoms with Crippen LogP contribution in [-0.4, -0.2) is 20.9 Å². The Balaban J connectivity index is 2.17. The molecule has 4 nitrogen and oxygen atoms in total. The maximum atomic E-state index is 11.4. The van der Waals surface area contributed by atoms with Crippen molar-refractivity contribution in [3.8, 4) is 0 Å². The van der Waals surface area contributed by atoms with Gasteiger partial charge >= 0.3 is 5.97 Å². The standard InChI is InChI=1S/C15H24N2O2/c1-3-7-17-10-12(9-16-17)14-8-11(4-2)5-6-13(14)15(18)19/h9-11,13-14H,3-8H2,1-2H3,(H,18,19). The van der Waals surface area contributed by atoms with Gasteiger partial charge in [-0.25, -0.2) is 0 Å². The highest BCUT2D eigenvalue weighted by atomic mass is 16.4. The van der Waals surface area contributed by atoms with Crippen LogP contribution in [0.1, 0.15) is 57.4 Å². The molecule has 1 fully saturated rings. The first kappa shape index (κ1) is 14.1. The third-order valence-electron chi connectivity index (χ3n) is 4.39. The van der Waals surface area contributed by atoms with Gasteiger partial charge in [-0.2, -0.15) is 5.10 Å². The quantitative estimate of drug-likeness (QED) is 0.887. The topological polar surface area (TPSA) is 55.1 Å². The number of carbonyl (C=O) groups is 1. The maximum Gasteiger partial charge on any atom is 0.307 e. The van der Waals surface area contributed by atoms with Crippen LogP contribution in [0.25, 0.3) is 0 Å². The second-order valence-electron chi connectivity index (χ2n) is 5.68. The number of aromatic nitrogens is 2. The highest BCUT2D eigenvalue weighted by Gasteiger charge is 2.35. The van der Waals surface area contributed by atoms with Gasteiger partial charge in [0.2, 0.25) is 0 Å². The lowest BCUT2D eigenvalue weighted by Gasteiger charge is -2.33. The van der Waals surface area contributed by atoms with Crippen molar-refractivity contribution >= 4 is 5.97 Å². The summed E-state index contributed by atoms with van der Waals surface area (Å²) in [6.45, 7) is 5.22. The zero-order valence-electron chi connectivity index (χ0n) is 11.9. The summed E-state index contributed by atoms with van der Waals surface area (Å²) < 4.78 is 1.93. The number of rotatable bonds is 5. The molecule has 1 N–H and O–H groups in total. The number of nitrogens with zero attached hydrogens (tertiary/aromatic N) is 2. The van der Waals surface area contributed by atoms with Gasteiger partial charge in [0, 0.05) is 18.7 Å². The third-order valence-corrected chi connectivity index (χ3v) is 4.39. The van der Waals surface area contributed by atoms with Gasteiger partial charge in [-0.05, 0) is 37.2 Å². The van der Waals surface area contributed by atoms with Crippen LogP contribution < -0.4 is 0 Å². The first-order valence-electron chi connectivity index (χ1n) is 7.40. The fraction of sp³-hybridized carbons (Fsp3) is 0.733. The number of aliphatic carboxylic acids is 1. The summed E-state index contributed by atoms with van der Waals surface area (Å²) in [6.07, 6.45) is 8.95. The molecule has 0 amide bonds. The van der Waals surface area contributed by atoms with Gasteiger partial charge in [-0.15, -0.1) is 0 Å². The second kappa shape index (κ2) is 6.22. The number of carboxylic acids is 1. The summed E-state index contributed by atoms with van der Waals surface area (Å²) in [7, 11) is 0. The molecule has 0 bridgehead atoms. The van der Waals surface area contributed by atoms with E-state index in [-0.39, 0.29) is 11.8 Å². The minimum absolute atomic E-state index is 0.141. The molecule has 1 aliphatic rings. The summed E-state index contributed by atoms with van der Waals surface area (Å²) >= 11 is 0. The minimum Gasteiger partial charge on any atom is -0.481 e. The molecule has 19 heavy (non-hydrogen) atoms. The Bertz CT molecular complexity index is 428. The Hall–Kier alpha value is -1.32. The van der Waals surface area contributed by atoms with Crippen molar-refractivity contribution in [2.24, 2.45) is 11.8 Å².